The van der Waals surface area contributed by atoms with Gasteiger partial charge in [-0.1, -0.05) is 13.8 Å². The lowest BCUT2D eigenvalue weighted by molar-refractivity contribution is 0.226. The molecule has 0 spiro atoms. The number of hydrogen-bond donors (Lipinski definition) is 1. The Bertz CT molecular complexity index is 286. The van der Waals surface area contributed by atoms with Gasteiger partial charge in [0.15, 0.2) is 0 Å². The Morgan fingerprint density at radius 1 is 1.40 bits per heavy atom. The van der Waals surface area contributed by atoms with E-state index in [2.05, 4.69) is 23.5 Å². The Kier molecular flexibility index (Phi) is 4.55. The summed E-state index contributed by atoms with van der Waals surface area (Å²) in [7, 11) is -3.05. The fourth-order valence-corrected chi connectivity index (χ4v) is 3.12. The van der Waals surface area contributed by atoms with Crippen LogP contribution in [0.1, 0.15) is 33.1 Å². The SMILES string of the molecule is CCC(CC)N1CCC(NS(C)(=O)=O)C1. The summed E-state index contributed by atoms with van der Waals surface area (Å²) in [5, 5.41) is 0. The Morgan fingerprint density at radius 3 is 2.47 bits per heavy atom. The summed E-state index contributed by atoms with van der Waals surface area (Å²) < 4.78 is 24.8. The second-order valence-corrected chi connectivity index (χ2v) is 6.12. The molecule has 0 radical (unpaired) electrons. The van der Waals surface area contributed by atoms with E-state index in [0.717, 1.165) is 32.4 Å². The maximum atomic E-state index is 11.1. The maximum Gasteiger partial charge on any atom is 0.208 e. The Labute approximate surface area is 93.1 Å². The predicted molar refractivity (Wildman–Crippen MR) is 62.3 cm³/mol. The Morgan fingerprint density at radius 2 is 2.00 bits per heavy atom. The molecule has 4 nitrogen and oxygen atoms in total. The molecule has 1 atom stereocenters. The summed E-state index contributed by atoms with van der Waals surface area (Å²) in [6.07, 6.45) is 4.44. The van der Waals surface area contributed by atoms with Crippen LogP contribution in [0.3, 0.4) is 0 Å². The number of likely N-dealkylation sites (tertiary alicyclic amines) is 1. The third-order valence-corrected chi connectivity index (χ3v) is 3.82. The zero-order valence-electron chi connectivity index (χ0n) is 9.86. The zero-order chi connectivity index (χ0) is 11.5. The lowest BCUT2D eigenvalue weighted by Gasteiger charge is -2.25. The van der Waals surface area contributed by atoms with Crippen LogP contribution in [0.4, 0.5) is 0 Å². The van der Waals surface area contributed by atoms with Gasteiger partial charge >= 0.3 is 0 Å². The number of hydrogen-bond acceptors (Lipinski definition) is 3. The van der Waals surface area contributed by atoms with Crippen LogP contribution in [0.25, 0.3) is 0 Å². The third-order valence-electron chi connectivity index (χ3n) is 3.06. The molecule has 1 aliphatic heterocycles. The molecule has 1 saturated heterocycles. The van der Waals surface area contributed by atoms with Gasteiger partial charge in [0, 0.05) is 25.2 Å². The van der Waals surface area contributed by atoms with Crippen LogP contribution in [0, 0.1) is 0 Å². The first-order chi connectivity index (χ1) is 6.96. The van der Waals surface area contributed by atoms with E-state index in [9.17, 15) is 8.42 Å². The first-order valence-electron chi connectivity index (χ1n) is 5.67. The van der Waals surface area contributed by atoms with E-state index >= 15 is 0 Å². The highest BCUT2D eigenvalue weighted by atomic mass is 32.2. The van der Waals surface area contributed by atoms with E-state index in [-0.39, 0.29) is 6.04 Å². The molecule has 90 valence electrons. The van der Waals surface area contributed by atoms with Crippen molar-refractivity contribution in [2.24, 2.45) is 0 Å². The van der Waals surface area contributed by atoms with E-state index in [1.165, 1.54) is 6.26 Å². The summed E-state index contributed by atoms with van der Waals surface area (Å²) in [6, 6.07) is 0.719. The van der Waals surface area contributed by atoms with Crippen LogP contribution in [-0.2, 0) is 10.0 Å². The lowest BCUT2D eigenvalue weighted by Crippen LogP contribution is -2.39. The second-order valence-electron chi connectivity index (χ2n) is 4.34. The van der Waals surface area contributed by atoms with E-state index < -0.39 is 10.0 Å². The van der Waals surface area contributed by atoms with Crippen LogP contribution >= 0.6 is 0 Å². The van der Waals surface area contributed by atoms with E-state index in [1.807, 2.05) is 0 Å². The Balaban J connectivity index is 2.45. The molecule has 0 aromatic rings. The van der Waals surface area contributed by atoms with Crippen LogP contribution in [-0.4, -0.2) is 44.7 Å². The molecule has 1 heterocycles. The summed E-state index contributed by atoms with van der Waals surface area (Å²) in [5.74, 6) is 0. The van der Waals surface area contributed by atoms with Crippen LogP contribution < -0.4 is 4.72 Å². The van der Waals surface area contributed by atoms with Crippen molar-refractivity contribution in [3.8, 4) is 0 Å². The molecule has 0 aliphatic carbocycles. The van der Waals surface area contributed by atoms with Gasteiger partial charge in [0.05, 0.1) is 6.26 Å². The smallest absolute Gasteiger partial charge is 0.208 e. The molecule has 0 aromatic heterocycles. The highest BCUT2D eigenvalue weighted by Gasteiger charge is 2.27. The van der Waals surface area contributed by atoms with Crippen LogP contribution in [0.2, 0.25) is 0 Å². The van der Waals surface area contributed by atoms with Crippen molar-refractivity contribution in [2.75, 3.05) is 19.3 Å². The van der Waals surface area contributed by atoms with Crippen molar-refractivity contribution < 1.29 is 8.42 Å². The Hall–Kier alpha value is -0.130. The van der Waals surface area contributed by atoms with Crippen molar-refractivity contribution >= 4 is 10.0 Å². The molecule has 1 unspecified atom stereocenters. The van der Waals surface area contributed by atoms with Gasteiger partial charge in [-0.3, -0.25) is 4.90 Å². The second kappa shape index (κ2) is 5.27. The lowest BCUT2D eigenvalue weighted by atomic mass is 10.1. The molecule has 1 N–H and O–H groups in total. The molecule has 5 heteroatoms. The minimum Gasteiger partial charge on any atom is -0.299 e. The summed E-state index contributed by atoms with van der Waals surface area (Å²) in [6.45, 7) is 6.25. The van der Waals surface area contributed by atoms with Gasteiger partial charge in [0.25, 0.3) is 0 Å². The maximum absolute atomic E-state index is 11.1. The topological polar surface area (TPSA) is 49.4 Å². The van der Waals surface area contributed by atoms with E-state index in [4.69, 9.17) is 0 Å². The van der Waals surface area contributed by atoms with Crippen molar-refractivity contribution in [3.63, 3.8) is 0 Å². The number of sulfonamides is 1. The van der Waals surface area contributed by atoms with Crippen molar-refractivity contribution in [1.29, 1.82) is 0 Å². The fourth-order valence-electron chi connectivity index (χ4n) is 2.32. The molecule has 15 heavy (non-hydrogen) atoms. The third kappa shape index (κ3) is 4.09. The van der Waals surface area contributed by atoms with Gasteiger partial charge in [0.2, 0.25) is 10.0 Å². The van der Waals surface area contributed by atoms with Gasteiger partial charge < -0.3 is 0 Å². The molecule has 1 rings (SSSR count). The van der Waals surface area contributed by atoms with Gasteiger partial charge in [0.1, 0.15) is 0 Å². The summed E-state index contributed by atoms with van der Waals surface area (Å²) in [4.78, 5) is 2.39. The monoisotopic (exact) mass is 234 g/mol. The predicted octanol–water partition coefficient (Wildman–Crippen LogP) is 0.798. The largest absolute Gasteiger partial charge is 0.299 e. The van der Waals surface area contributed by atoms with Gasteiger partial charge in [-0.2, -0.15) is 0 Å². The minimum atomic E-state index is -3.05. The van der Waals surface area contributed by atoms with Gasteiger partial charge in [-0.05, 0) is 19.3 Å². The molecule has 1 aliphatic rings. The number of rotatable bonds is 5. The molecule has 0 saturated carbocycles. The van der Waals surface area contributed by atoms with E-state index in [0.29, 0.717) is 6.04 Å². The summed E-state index contributed by atoms with van der Waals surface area (Å²) in [5.41, 5.74) is 0. The molecular formula is C10H22N2O2S. The average Bonchev–Trinajstić information content (AvgIpc) is 2.52. The fraction of sp³-hybridized carbons (Fsp3) is 1.00. The number of nitrogens with zero attached hydrogens (tertiary/aromatic N) is 1. The average molecular weight is 234 g/mol. The van der Waals surface area contributed by atoms with Gasteiger partial charge in [-0.25, -0.2) is 13.1 Å². The van der Waals surface area contributed by atoms with Crippen LogP contribution in [0.5, 0.6) is 0 Å². The molecule has 1 fully saturated rings. The first-order valence-corrected chi connectivity index (χ1v) is 7.56. The molecule has 0 aromatic carbocycles. The standard InChI is InChI=1S/C10H22N2O2S/c1-4-10(5-2)12-7-6-9(8-12)11-15(3,13)14/h9-11H,4-8H2,1-3H3. The van der Waals surface area contributed by atoms with Crippen molar-refractivity contribution in [3.05, 3.63) is 0 Å². The van der Waals surface area contributed by atoms with E-state index in [1.54, 1.807) is 0 Å². The quantitative estimate of drug-likeness (QED) is 0.765. The van der Waals surface area contributed by atoms with Crippen molar-refractivity contribution in [1.82, 2.24) is 9.62 Å². The number of nitrogens with one attached hydrogen (secondary N) is 1. The van der Waals surface area contributed by atoms with Crippen molar-refractivity contribution in [2.45, 2.75) is 45.2 Å². The zero-order valence-corrected chi connectivity index (χ0v) is 10.7. The highest BCUT2D eigenvalue weighted by molar-refractivity contribution is 7.88. The minimum absolute atomic E-state index is 0.112. The van der Waals surface area contributed by atoms with Crippen LogP contribution in [0.15, 0.2) is 0 Å². The van der Waals surface area contributed by atoms with Gasteiger partial charge in [-0.15, -0.1) is 0 Å². The highest BCUT2D eigenvalue weighted by Crippen LogP contribution is 2.17. The molecule has 0 amide bonds. The first kappa shape index (κ1) is 12.9. The normalized spacial score (nSPS) is 23.9. The summed E-state index contributed by atoms with van der Waals surface area (Å²) >= 11 is 0. The molecular weight excluding hydrogens is 212 g/mol. The molecule has 0 bridgehead atoms.